The first-order valence-corrected chi connectivity index (χ1v) is 8.52. The second kappa shape index (κ2) is 5.51. The summed E-state index contributed by atoms with van der Waals surface area (Å²) in [5, 5.41) is 0. The van der Waals surface area contributed by atoms with Gasteiger partial charge in [0.05, 0.1) is 4.90 Å². The lowest BCUT2D eigenvalue weighted by Gasteiger charge is -2.24. The third-order valence-electron chi connectivity index (χ3n) is 3.56. The highest BCUT2D eigenvalue weighted by Crippen LogP contribution is 2.24. The molecule has 104 valence electrons. The number of amides is 1. The summed E-state index contributed by atoms with van der Waals surface area (Å²) in [6.07, 6.45) is 4.29. The summed E-state index contributed by atoms with van der Waals surface area (Å²) in [5.74, 6) is -0.158. The van der Waals surface area contributed by atoms with Crippen LogP contribution in [0, 0.1) is 0 Å². The summed E-state index contributed by atoms with van der Waals surface area (Å²) in [7, 11) is 3.25. The van der Waals surface area contributed by atoms with Gasteiger partial charge in [0.2, 0.25) is 0 Å². The first-order chi connectivity index (χ1) is 8.89. The van der Waals surface area contributed by atoms with Crippen LogP contribution in [-0.2, 0) is 9.05 Å². The van der Waals surface area contributed by atoms with Crippen molar-refractivity contribution in [1.82, 2.24) is 4.90 Å². The molecule has 1 aliphatic rings. The van der Waals surface area contributed by atoms with E-state index < -0.39 is 9.05 Å². The van der Waals surface area contributed by atoms with Gasteiger partial charge in [-0.05, 0) is 31.0 Å². The van der Waals surface area contributed by atoms with Crippen LogP contribution >= 0.6 is 10.7 Å². The third kappa shape index (κ3) is 3.28. The van der Waals surface area contributed by atoms with Crippen LogP contribution in [-0.4, -0.2) is 32.3 Å². The molecule has 1 amide bonds. The highest BCUT2D eigenvalue weighted by atomic mass is 35.7. The van der Waals surface area contributed by atoms with Crippen LogP contribution in [0.25, 0.3) is 0 Å². The minimum Gasteiger partial charge on any atom is -0.339 e. The second-order valence-electron chi connectivity index (χ2n) is 4.82. The predicted molar refractivity (Wildman–Crippen MR) is 73.8 cm³/mol. The fraction of sp³-hybridized carbons (Fsp3) is 0.462. The van der Waals surface area contributed by atoms with E-state index in [4.69, 9.17) is 10.7 Å². The molecule has 1 aromatic rings. The SMILES string of the molecule is CN(C(=O)c1cccc(S(=O)(=O)Cl)c1)C1CCCC1. The molecular weight excluding hydrogens is 286 g/mol. The topological polar surface area (TPSA) is 54.5 Å². The summed E-state index contributed by atoms with van der Waals surface area (Å²) < 4.78 is 22.5. The van der Waals surface area contributed by atoms with Crippen LogP contribution in [0.2, 0.25) is 0 Å². The smallest absolute Gasteiger partial charge is 0.261 e. The molecular formula is C13H16ClNO3S. The van der Waals surface area contributed by atoms with Crippen molar-refractivity contribution in [3.63, 3.8) is 0 Å². The van der Waals surface area contributed by atoms with Crippen LogP contribution in [0.1, 0.15) is 36.0 Å². The molecule has 0 aromatic heterocycles. The van der Waals surface area contributed by atoms with Crippen molar-refractivity contribution in [1.29, 1.82) is 0 Å². The molecule has 0 saturated heterocycles. The number of hydrogen-bond donors (Lipinski definition) is 0. The molecule has 0 spiro atoms. The van der Waals surface area contributed by atoms with E-state index in [1.807, 2.05) is 0 Å². The van der Waals surface area contributed by atoms with Crippen LogP contribution in [0.4, 0.5) is 0 Å². The van der Waals surface area contributed by atoms with Gasteiger partial charge in [-0.2, -0.15) is 0 Å². The number of nitrogens with zero attached hydrogens (tertiary/aromatic N) is 1. The van der Waals surface area contributed by atoms with Crippen LogP contribution in [0.3, 0.4) is 0 Å². The molecule has 0 bridgehead atoms. The fourth-order valence-corrected chi connectivity index (χ4v) is 3.24. The van der Waals surface area contributed by atoms with E-state index >= 15 is 0 Å². The fourth-order valence-electron chi connectivity index (χ4n) is 2.44. The second-order valence-corrected chi connectivity index (χ2v) is 7.39. The minimum atomic E-state index is -3.80. The number of halogens is 1. The van der Waals surface area contributed by atoms with E-state index in [-0.39, 0.29) is 16.8 Å². The number of carbonyl (C=O) groups is 1. The molecule has 1 aromatic carbocycles. The van der Waals surface area contributed by atoms with E-state index in [2.05, 4.69) is 0 Å². The van der Waals surface area contributed by atoms with Crippen molar-refractivity contribution in [2.75, 3.05) is 7.05 Å². The number of carbonyl (C=O) groups excluding carboxylic acids is 1. The van der Waals surface area contributed by atoms with Crippen LogP contribution in [0.5, 0.6) is 0 Å². The van der Waals surface area contributed by atoms with Gasteiger partial charge in [-0.1, -0.05) is 18.9 Å². The molecule has 1 aliphatic carbocycles. The summed E-state index contributed by atoms with van der Waals surface area (Å²) in [4.78, 5) is 14.0. The molecule has 2 rings (SSSR count). The van der Waals surface area contributed by atoms with Gasteiger partial charge in [0.1, 0.15) is 0 Å². The lowest BCUT2D eigenvalue weighted by atomic mass is 10.1. The van der Waals surface area contributed by atoms with Crippen molar-refractivity contribution < 1.29 is 13.2 Å². The van der Waals surface area contributed by atoms with Gasteiger partial charge in [0, 0.05) is 29.3 Å². The average Bonchev–Trinajstić information content (AvgIpc) is 2.90. The molecule has 0 atom stereocenters. The lowest BCUT2D eigenvalue weighted by molar-refractivity contribution is 0.0735. The first-order valence-electron chi connectivity index (χ1n) is 6.21. The Balaban J connectivity index is 2.24. The molecule has 19 heavy (non-hydrogen) atoms. The molecule has 1 fully saturated rings. The van der Waals surface area contributed by atoms with Gasteiger partial charge in [-0.25, -0.2) is 8.42 Å². The van der Waals surface area contributed by atoms with Crippen molar-refractivity contribution in [3.8, 4) is 0 Å². The minimum absolute atomic E-state index is 0.0418. The largest absolute Gasteiger partial charge is 0.339 e. The van der Waals surface area contributed by atoms with Crippen LogP contribution < -0.4 is 0 Å². The van der Waals surface area contributed by atoms with E-state index in [0.29, 0.717) is 5.56 Å². The van der Waals surface area contributed by atoms with Gasteiger partial charge in [-0.3, -0.25) is 4.79 Å². The summed E-state index contributed by atoms with van der Waals surface area (Å²) in [6, 6.07) is 6.11. The Bertz CT molecular complexity index is 579. The Morgan fingerprint density at radius 2 is 1.95 bits per heavy atom. The molecule has 0 N–H and O–H groups in total. The zero-order valence-corrected chi connectivity index (χ0v) is 12.2. The monoisotopic (exact) mass is 301 g/mol. The van der Waals surface area contributed by atoms with Crippen molar-refractivity contribution in [2.24, 2.45) is 0 Å². The Morgan fingerprint density at radius 1 is 1.32 bits per heavy atom. The molecule has 1 saturated carbocycles. The number of benzene rings is 1. The summed E-state index contributed by atoms with van der Waals surface area (Å²) in [6.45, 7) is 0. The van der Waals surface area contributed by atoms with Gasteiger partial charge in [-0.15, -0.1) is 0 Å². The Morgan fingerprint density at radius 3 is 2.53 bits per heavy atom. The maximum Gasteiger partial charge on any atom is 0.261 e. The Labute approximate surface area is 117 Å². The average molecular weight is 302 g/mol. The van der Waals surface area contributed by atoms with E-state index in [1.165, 1.54) is 18.2 Å². The van der Waals surface area contributed by atoms with E-state index in [1.54, 1.807) is 18.0 Å². The highest BCUT2D eigenvalue weighted by Gasteiger charge is 2.24. The molecule has 6 heteroatoms. The molecule has 0 radical (unpaired) electrons. The molecule has 4 nitrogen and oxygen atoms in total. The van der Waals surface area contributed by atoms with Gasteiger partial charge < -0.3 is 4.90 Å². The van der Waals surface area contributed by atoms with E-state index in [9.17, 15) is 13.2 Å². The Hall–Kier alpha value is -1.07. The first kappa shape index (κ1) is 14.3. The quantitative estimate of drug-likeness (QED) is 0.807. The van der Waals surface area contributed by atoms with Crippen LogP contribution in [0.15, 0.2) is 29.2 Å². The molecule has 0 heterocycles. The number of rotatable bonds is 3. The molecule has 0 unspecified atom stereocenters. The van der Waals surface area contributed by atoms with Gasteiger partial charge >= 0.3 is 0 Å². The zero-order chi connectivity index (χ0) is 14.0. The predicted octanol–water partition coefficient (Wildman–Crippen LogP) is 2.63. The normalized spacial score (nSPS) is 16.5. The van der Waals surface area contributed by atoms with Gasteiger partial charge in [0.15, 0.2) is 0 Å². The molecule has 0 aliphatic heterocycles. The Kier molecular flexibility index (Phi) is 4.16. The number of hydrogen-bond acceptors (Lipinski definition) is 3. The van der Waals surface area contributed by atoms with Crippen molar-refractivity contribution in [2.45, 2.75) is 36.6 Å². The van der Waals surface area contributed by atoms with Gasteiger partial charge in [0.25, 0.3) is 15.0 Å². The lowest BCUT2D eigenvalue weighted by Crippen LogP contribution is -2.35. The maximum absolute atomic E-state index is 12.3. The highest BCUT2D eigenvalue weighted by molar-refractivity contribution is 8.13. The summed E-state index contributed by atoms with van der Waals surface area (Å²) >= 11 is 0. The maximum atomic E-state index is 12.3. The summed E-state index contributed by atoms with van der Waals surface area (Å²) in [5.41, 5.74) is 0.358. The zero-order valence-electron chi connectivity index (χ0n) is 10.7. The third-order valence-corrected chi connectivity index (χ3v) is 4.91. The van der Waals surface area contributed by atoms with Crippen molar-refractivity contribution >= 4 is 25.6 Å². The van der Waals surface area contributed by atoms with E-state index in [0.717, 1.165) is 25.7 Å². The standard InChI is InChI=1S/C13H16ClNO3S/c1-15(11-6-2-3-7-11)13(16)10-5-4-8-12(9-10)19(14,17)18/h4-5,8-9,11H,2-3,6-7H2,1H3. The van der Waals surface area contributed by atoms with Crippen molar-refractivity contribution in [3.05, 3.63) is 29.8 Å².